The first-order valence-electron chi connectivity index (χ1n) is 26.4. The number of carbonyl (C=O) groups is 2. The first-order chi connectivity index (χ1) is 34.9. The molecule has 0 aliphatic heterocycles. The van der Waals surface area contributed by atoms with Gasteiger partial charge in [0.15, 0.2) is 0 Å². The van der Waals surface area contributed by atoms with Gasteiger partial charge in [0.2, 0.25) is 0 Å². The second-order valence-electron chi connectivity index (χ2n) is 17.6. The van der Waals surface area contributed by atoms with E-state index in [1.165, 1.54) is 61.9 Å². The van der Waals surface area contributed by atoms with Crippen LogP contribution in [0.25, 0.3) is 33.4 Å². The molecule has 2 amide bonds. The number of aldehydes is 1. The minimum atomic E-state index is -4.03. The van der Waals surface area contributed by atoms with Crippen molar-refractivity contribution in [2.24, 2.45) is 5.73 Å². The van der Waals surface area contributed by atoms with Crippen molar-refractivity contribution in [1.29, 1.82) is 0 Å². The summed E-state index contributed by atoms with van der Waals surface area (Å²) in [6.45, 7) is 34.4. The summed E-state index contributed by atoms with van der Waals surface area (Å²) in [7, 11) is -4.03. The van der Waals surface area contributed by atoms with Crippen LogP contribution in [0.5, 0.6) is 0 Å². The third-order valence-electron chi connectivity index (χ3n) is 9.74. The molecule has 0 spiro atoms. The summed E-state index contributed by atoms with van der Waals surface area (Å²) in [6, 6.07) is 25.2. The Morgan fingerprint density at radius 3 is 1.29 bits per heavy atom. The Labute approximate surface area is 442 Å². The normalized spacial score (nSPS) is 10.3. The van der Waals surface area contributed by atoms with Gasteiger partial charge in [0.1, 0.15) is 29.0 Å². The fourth-order valence-corrected chi connectivity index (χ4v) is 7.89. The Morgan fingerprint density at radius 1 is 0.575 bits per heavy atom. The van der Waals surface area contributed by atoms with Crippen molar-refractivity contribution in [2.45, 2.75) is 173 Å². The van der Waals surface area contributed by atoms with Gasteiger partial charge in [-0.1, -0.05) is 152 Å². The maximum atomic E-state index is 12.3. The number of aryl methyl sites for hydroxylation is 6. The van der Waals surface area contributed by atoms with Gasteiger partial charge in [-0.15, -0.1) is 0 Å². The maximum Gasteiger partial charge on any atom is 1.00 e. The number of carbonyl (C=O) groups excluding carboxylic acids is 2. The molecule has 7 aromatic rings. The van der Waals surface area contributed by atoms with E-state index >= 15 is 0 Å². The molecule has 0 fully saturated rings. The third kappa shape index (κ3) is 20.7. The number of nitrogens with zero attached hydrogens (tertiary/aromatic N) is 6. The van der Waals surface area contributed by atoms with Crippen molar-refractivity contribution in [1.82, 2.24) is 39.1 Å². The lowest BCUT2D eigenvalue weighted by Gasteiger charge is -2.11. The maximum absolute atomic E-state index is 12.3. The highest BCUT2D eigenvalue weighted by Gasteiger charge is 2.18. The standard InChI is InChI=1S/C26H27N5O4S.C18H22N4.5C3H8/c1-4-24-29-25-18(3)28-17(2)15-23(25)31(24)21-9-5-19(6-10-21)13-14-27-26(33)30-36(34,35)22-11-7-20(16-32)8-12-22;1-4-17-21-18-13(3)20-12(2)11-16(18)22(17)15-7-5-14(6-8-15)9-10-19;5*1-3-2/h5-12,15-16H,4,13-14H2,1-3H3,(H2,27,30,33);5-8,11H,4,9-10,19H2,1-3H3;5*3H2,1-2H3/p+2. The molecule has 0 aliphatic rings. The number of benzene rings is 3. The number of pyridine rings is 2. The number of nitrogens with one attached hydrogen (secondary N) is 2. The van der Waals surface area contributed by atoms with Gasteiger partial charge in [0.25, 0.3) is 10.0 Å². The number of rotatable bonds is 12. The molecule has 0 aliphatic carbocycles. The summed E-state index contributed by atoms with van der Waals surface area (Å²) in [5.74, 6) is 2.02. The van der Waals surface area contributed by atoms with Gasteiger partial charge < -0.3 is 11.1 Å². The molecule has 4 aromatic heterocycles. The van der Waals surface area contributed by atoms with Crippen molar-refractivity contribution in [3.05, 3.63) is 136 Å². The Kier molecular flexibility index (Phi) is 31.0. The zero-order chi connectivity index (χ0) is 55.1. The molecular formula is C59H91N9O4S+2. The number of urea groups is 1. The SMILES string of the molecule is CCC.CCC.CCC.CCC.CCC.CCc1nc2c(C)nc(C)cc2n1-c1ccc(CCN)cc1.CCc1nc2c(C)nc(C)cc2n1-c1ccc(CCNC(=O)NS(=O)(=O)c2ccc(C=O)cc2)cc1.[H+].[H+]. The summed E-state index contributed by atoms with van der Waals surface area (Å²) in [6.07, 6.45) is 9.96. The number of fused-ring (bicyclic) bond motifs is 2. The van der Waals surface area contributed by atoms with E-state index in [4.69, 9.17) is 15.7 Å². The Bertz CT molecular complexity index is 2780. The molecule has 0 radical (unpaired) electrons. The molecular weight excluding hydrogens is 931 g/mol. The second kappa shape index (κ2) is 35.0. The largest absolute Gasteiger partial charge is 1.00 e. The van der Waals surface area contributed by atoms with E-state index in [0.717, 1.165) is 92.7 Å². The highest BCUT2D eigenvalue weighted by molar-refractivity contribution is 7.90. The van der Waals surface area contributed by atoms with Crippen molar-refractivity contribution in [2.75, 3.05) is 13.1 Å². The number of sulfonamides is 1. The van der Waals surface area contributed by atoms with Crippen molar-refractivity contribution < 1.29 is 20.9 Å². The first-order valence-corrected chi connectivity index (χ1v) is 27.9. The van der Waals surface area contributed by atoms with Gasteiger partial charge in [-0.05, 0) is 107 Å². The molecule has 0 saturated heterocycles. The summed E-state index contributed by atoms with van der Waals surface area (Å²) in [4.78, 5) is 41.4. The van der Waals surface area contributed by atoms with Crippen molar-refractivity contribution in [3.63, 3.8) is 0 Å². The van der Waals surface area contributed by atoms with Crippen LogP contribution in [0, 0.1) is 27.7 Å². The van der Waals surface area contributed by atoms with Crippen molar-refractivity contribution in [3.8, 4) is 11.4 Å². The minimum Gasteiger partial charge on any atom is -0.337 e. The molecule has 0 unspecified atom stereocenters. The van der Waals surface area contributed by atoms with E-state index in [2.05, 4.69) is 138 Å². The Hall–Kier alpha value is -6.25. The first kappa shape index (κ1) is 64.8. The van der Waals surface area contributed by atoms with Crippen LogP contribution in [0.1, 0.15) is 174 Å². The highest BCUT2D eigenvalue weighted by atomic mass is 32.2. The topological polar surface area (TPSA) is 180 Å². The Balaban J connectivity index is 0. The van der Waals surface area contributed by atoms with Crippen LogP contribution in [-0.4, -0.2) is 62.9 Å². The van der Waals surface area contributed by atoms with E-state index in [9.17, 15) is 18.0 Å². The number of hydrogen-bond donors (Lipinski definition) is 3. The Morgan fingerprint density at radius 2 is 0.945 bits per heavy atom. The van der Waals surface area contributed by atoms with Gasteiger partial charge >= 0.3 is 8.88 Å². The third-order valence-corrected chi connectivity index (χ3v) is 11.1. The summed E-state index contributed by atoms with van der Waals surface area (Å²) in [5, 5.41) is 2.57. The number of imidazole rings is 2. The van der Waals surface area contributed by atoms with E-state index in [0.29, 0.717) is 24.8 Å². The average Bonchev–Trinajstić information content (AvgIpc) is 3.92. The number of nitrogens with two attached hydrogens (primary N) is 1. The predicted molar refractivity (Wildman–Crippen MR) is 309 cm³/mol. The van der Waals surface area contributed by atoms with Crippen LogP contribution in [0.15, 0.2) is 89.8 Å². The van der Waals surface area contributed by atoms with Crippen LogP contribution in [0.4, 0.5) is 4.79 Å². The quantitative estimate of drug-likeness (QED) is 0.100. The molecule has 0 saturated carbocycles. The van der Waals surface area contributed by atoms with Crippen molar-refractivity contribution >= 4 is 44.4 Å². The molecule has 4 heterocycles. The van der Waals surface area contributed by atoms with E-state index in [1.54, 1.807) is 0 Å². The second-order valence-corrected chi connectivity index (χ2v) is 19.3. The average molecular weight is 1020 g/mol. The lowest BCUT2D eigenvalue weighted by Crippen LogP contribution is -2.40. The summed E-state index contributed by atoms with van der Waals surface area (Å²) < 4.78 is 31.0. The smallest absolute Gasteiger partial charge is 0.337 e. The summed E-state index contributed by atoms with van der Waals surface area (Å²) in [5.41, 5.74) is 18.2. The molecule has 73 heavy (non-hydrogen) atoms. The fraction of sp³-hybridized carbons (Fsp3) is 0.458. The monoisotopic (exact) mass is 1020 g/mol. The van der Waals surface area contributed by atoms with Crippen LogP contribution < -0.4 is 15.8 Å². The summed E-state index contributed by atoms with van der Waals surface area (Å²) >= 11 is 0. The zero-order valence-corrected chi connectivity index (χ0v) is 48.1. The van der Waals surface area contributed by atoms with E-state index < -0.39 is 16.1 Å². The molecule has 13 nitrogen and oxygen atoms in total. The molecule has 3 aromatic carbocycles. The van der Waals surface area contributed by atoms with E-state index in [1.807, 2.05) is 62.7 Å². The van der Waals surface area contributed by atoms with Gasteiger partial charge in [-0.25, -0.2) is 27.9 Å². The van der Waals surface area contributed by atoms with Crippen LogP contribution in [0.3, 0.4) is 0 Å². The lowest BCUT2D eigenvalue weighted by molar-refractivity contribution is 0.112. The van der Waals surface area contributed by atoms with Gasteiger partial charge in [-0.3, -0.25) is 23.9 Å². The molecule has 0 bridgehead atoms. The molecule has 14 heteroatoms. The minimum absolute atomic E-state index is 0. The zero-order valence-electron chi connectivity index (χ0n) is 49.2. The van der Waals surface area contributed by atoms with Crippen LogP contribution >= 0.6 is 0 Å². The lowest BCUT2D eigenvalue weighted by atomic mass is 10.1. The predicted octanol–water partition coefficient (Wildman–Crippen LogP) is 14.1. The number of aromatic nitrogens is 6. The molecule has 0 atom stereocenters. The molecule has 400 valence electrons. The van der Waals surface area contributed by atoms with Crippen LogP contribution in [-0.2, 0) is 35.7 Å². The van der Waals surface area contributed by atoms with Gasteiger partial charge in [0, 0.05) is 47.7 Å². The number of amides is 2. The van der Waals surface area contributed by atoms with Crippen LogP contribution in [0.2, 0.25) is 0 Å². The fourth-order valence-electron chi connectivity index (χ4n) is 6.96. The molecule has 7 rings (SSSR count). The van der Waals surface area contributed by atoms with Gasteiger partial charge in [0.05, 0.1) is 27.3 Å². The molecule has 4 N–H and O–H groups in total. The van der Waals surface area contributed by atoms with E-state index in [-0.39, 0.29) is 14.3 Å². The number of hydrogen-bond acceptors (Lipinski definition) is 9. The van der Waals surface area contributed by atoms with Gasteiger partial charge in [-0.2, -0.15) is 0 Å². The highest BCUT2D eigenvalue weighted by Crippen LogP contribution is 2.26.